The van der Waals surface area contributed by atoms with E-state index in [2.05, 4.69) is 17.2 Å². The minimum absolute atomic E-state index is 0.104. The van der Waals surface area contributed by atoms with Gasteiger partial charge in [-0.05, 0) is 41.6 Å². The van der Waals surface area contributed by atoms with Crippen LogP contribution in [0.3, 0.4) is 0 Å². The lowest BCUT2D eigenvalue weighted by Gasteiger charge is -2.04. The van der Waals surface area contributed by atoms with E-state index in [0.29, 0.717) is 5.69 Å². The Balaban J connectivity index is 1.78. The lowest BCUT2D eigenvalue weighted by molar-refractivity contribution is 0.102. The first-order valence-corrected chi connectivity index (χ1v) is 7.10. The summed E-state index contributed by atoms with van der Waals surface area (Å²) in [5.74, 6) is -0.104. The Morgan fingerprint density at radius 3 is 2.74 bits per heavy atom. The quantitative estimate of drug-likeness (QED) is 0.741. The molecule has 3 nitrogen and oxygen atoms in total. The van der Waals surface area contributed by atoms with Crippen LogP contribution in [0.4, 0.5) is 5.69 Å². The summed E-state index contributed by atoms with van der Waals surface area (Å²) in [6.07, 6.45) is 1.00. The molecule has 2 N–H and O–H groups in total. The molecule has 0 bridgehead atoms. The van der Waals surface area contributed by atoms with Crippen molar-refractivity contribution in [1.82, 2.24) is 4.98 Å². The maximum atomic E-state index is 12.1. The highest BCUT2D eigenvalue weighted by atomic mass is 32.1. The predicted octanol–water partition coefficient (Wildman–Crippen LogP) is 4.04. The molecule has 4 heteroatoms. The van der Waals surface area contributed by atoms with E-state index in [1.165, 1.54) is 5.56 Å². The fourth-order valence-corrected chi connectivity index (χ4v) is 2.78. The fraction of sp³-hybridized carbons (Fsp3) is 0.133. The number of aromatic nitrogens is 1. The van der Waals surface area contributed by atoms with Crippen LogP contribution in [0.1, 0.15) is 23.0 Å². The van der Waals surface area contributed by atoms with Gasteiger partial charge in [0.1, 0.15) is 5.69 Å². The molecule has 1 amide bonds. The fourth-order valence-electron chi connectivity index (χ4n) is 1.99. The van der Waals surface area contributed by atoms with Crippen molar-refractivity contribution in [2.45, 2.75) is 13.3 Å². The number of carbonyl (C=O) groups is 1. The molecule has 1 aromatic carbocycles. The third kappa shape index (κ3) is 2.39. The topological polar surface area (TPSA) is 44.9 Å². The second-order valence-electron chi connectivity index (χ2n) is 4.39. The van der Waals surface area contributed by atoms with Gasteiger partial charge >= 0.3 is 0 Å². The molecule has 3 aromatic rings. The summed E-state index contributed by atoms with van der Waals surface area (Å²) in [5, 5.41) is 4.90. The number of rotatable bonds is 3. The van der Waals surface area contributed by atoms with Crippen molar-refractivity contribution in [3.8, 4) is 0 Å². The Labute approximate surface area is 115 Å². The Hall–Kier alpha value is -2.07. The van der Waals surface area contributed by atoms with Gasteiger partial charge in [-0.3, -0.25) is 4.79 Å². The van der Waals surface area contributed by atoms with Crippen LogP contribution in [-0.2, 0) is 6.42 Å². The maximum Gasteiger partial charge on any atom is 0.272 e. The van der Waals surface area contributed by atoms with Gasteiger partial charge in [0.05, 0.1) is 10.2 Å². The van der Waals surface area contributed by atoms with Crippen molar-refractivity contribution < 1.29 is 4.79 Å². The van der Waals surface area contributed by atoms with Crippen molar-refractivity contribution in [2.75, 3.05) is 5.32 Å². The van der Waals surface area contributed by atoms with Crippen molar-refractivity contribution in [1.29, 1.82) is 0 Å². The highest BCUT2D eigenvalue weighted by Crippen LogP contribution is 2.22. The molecular formula is C15H14N2OS. The third-order valence-corrected chi connectivity index (χ3v) is 3.97. The van der Waals surface area contributed by atoms with E-state index >= 15 is 0 Å². The second kappa shape index (κ2) is 4.90. The van der Waals surface area contributed by atoms with Crippen LogP contribution < -0.4 is 5.32 Å². The van der Waals surface area contributed by atoms with E-state index in [0.717, 1.165) is 22.3 Å². The molecule has 0 unspecified atom stereocenters. The van der Waals surface area contributed by atoms with Crippen LogP contribution in [0, 0.1) is 0 Å². The van der Waals surface area contributed by atoms with E-state index in [-0.39, 0.29) is 5.91 Å². The summed E-state index contributed by atoms with van der Waals surface area (Å²) in [7, 11) is 0. The summed E-state index contributed by atoms with van der Waals surface area (Å²) in [6.45, 7) is 2.11. The van der Waals surface area contributed by atoms with Crippen molar-refractivity contribution in [3.05, 3.63) is 53.0 Å². The minimum Gasteiger partial charge on any atom is -0.350 e. The Bertz CT molecular complexity index is 681. The van der Waals surface area contributed by atoms with Gasteiger partial charge in [-0.15, -0.1) is 11.3 Å². The predicted molar refractivity (Wildman–Crippen MR) is 79.9 cm³/mol. The lowest BCUT2D eigenvalue weighted by atomic mass is 10.1. The number of nitrogens with one attached hydrogen (secondary N) is 2. The van der Waals surface area contributed by atoms with Crippen molar-refractivity contribution in [2.24, 2.45) is 0 Å². The molecule has 0 aliphatic heterocycles. The van der Waals surface area contributed by atoms with Crippen molar-refractivity contribution in [3.63, 3.8) is 0 Å². The number of anilines is 1. The molecule has 0 fully saturated rings. The molecule has 0 aliphatic carbocycles. The van der Waals surface area contributed by atoms with E-state index in [4.69, 9.17) is 0 Å². The van der Waals surface area contributed by atoms with Gasteiger partial charge in [0.25, 0.3) is 5.91 Å². The standard InChI is InChI=1S/C15H14N2OS/c1-2-10-3-5-11(6-4-10)16-15(18)13-9-14-12(17-13)7-8-19-14/h3-9,17H,2H2,1H3,(H,16,18). The number of benzene rings is 1. The first-order valence-electron chi connectivity index (χ1n) is 6.23. The molecule has 2 aromatic heterocycles. The average molecular weight is 270 g/mol. The molecule has 0 radical (unpaired) electrons. The van der Waals surface area contributed by atoms with Crippen LogP contribution in [0.15, 0.2) is 41.8 Å². The molecule has 0 spiro atoms. The zero-order valence-electron chi connectivity index (χ0n) is 10.6. The molecule has 0 aliphatic rings. The molecule has 2 heterocycles. The Morgan fingerprint density at radius 2 is 2.05 bits per heavy atom. The number of aryl methyl sites for hydroxylation is 1. The summed E-state index contributed by atoms with van der Waals surface area (Å²) < 4.78 is 1.10. The molecule has 0 saturated heterocycles. The van der Waals surface area contributed by atoms with Gasteiger partial charge < -0.3 is 10.3 Å². The maximum absolute atomic E-state index is 12.1. The molecule has 0 atom stereocenters. The number of carbonyl (C=O) groups excluding carboxylic acids is 1. The van der Waals surface area contributed by atoms with E-state index in [1.54, 1.807) is 11.3 Å². The van der Waals surface area contributed by atoms with Crippen LogP contribution in [-0.4, -0.2) is 10.9 Å². The SMILES string of the molecule is CCc1ccc(NC(=O)c2cc3sccc3[nH]2)cc1. The zero-order chi connectivity index (χ0) is 13.2. The Kier molecular flexibility index (Phi) is 3.09. The summed E-state index contributed by atoms with van der Waals surface area (Å²) >= 11 is 1.63. The monoisotopic (exact) mass is 270 g/mol. The van der Waals surface area contributed by atoms with E-state index < -0.39 is 0 Å². The van der Waals surface area contributed by atoms with Gasteiger partial charge in [0, 0.05) is 5.69 Å². The highest BCUT2D eigenvalue weighted by molar-refractivity contribution is 7.17. The summed E-state index contributed by atoms with van der Waals surface area (Å²) in [6, 6.07) is 11.8. The Morgan fingerprint density at radius 1 is 1.26 bits per heavy atom. The number of hydrogen-bond acceptors (Lipinski definition) is 2. The van der Waals surface area contributed by atoms with Crippen LogP contribution in [0.25, 0.3) is 10.2 Å². The third-order valence-electron chi connectivity index (χ3n) is 3.10. The van der Waals surface area contributed by atoms with Gasteiger partial charge in [-0.2, -0.15) is 0 Å². The normalized spacial score (nSPS) is 10.8. The number of thiophene rings is 1. The summed E-state index contributed by atoms with van der Waals surface area (Å²) in [4.78, 5) is 15.2. The molecular weight excluding hydrogens is 256 g/mol. The first-order chi connectivity index (χ1) is 9.26. The van der Waals surface area contributed by atoms with Crippen molar-refractivity contribution >= 4 is 33.1 Å². The lowest BCUT2D eigenvalue weighted by Crippen LogP contribution is -2.12. The van der Waals surface area contributed by atoms with Crippen LogP contribution in [0.5, 0.6) is 0 Å². The number of H-pyrrole nitrogens is 1. The minimum atomic E-state index is -0.104. The van der Waals surface area contributed by atoms with E-state index in [1.807, 2.05) is 41.8 Å². The summed E-state index contributed by atoms with van der Waals surface area (Å²) in [5.41, 5.74) is 3.69. The van der Waals surface area contributed by atoms with Gasteiger partial charge in [0.2, 0.25) is 0 Å². The molecule has 3 rings (SSSR count). The number of aromatic amines is 1. The average Bonchev–Trinajstić information content (AvgIpc) is 3.00. The molecule has 96 valence electrons. The number of amides is 1. The molecule has 19 heavy (non-hydrogen) atoms. The van der Waals surface area contributed by atoms with Gasteiger partial charge in [-0.25, -0.2) is 0 Å². The largest absolute Gasteiger partial charge is 0.350 e. The zero-order valence-corrected chi connectivity index (χ0v) is 11.4. The van der Waals surface area contributed by atoms with Crippen LogP contribution >= 0.6 is 11.3 Å². The van der Waals surface area contributed by atoms with Crippen LogP contribution in [0.2, 0.25) is 0 Å². The van der Waals surface area contributed by atoms with E-state index in [9.17, 15) is 4.79 Å². The number of fused-ring (bicyclic) bond motifs is 1. The highest BCUT2D eigenvalue weighted by Gasteiger charge is 2.10. The van der Waals surface area contributed by atoms with Gasteiger partial charge in [-0.1, -0.05) is 19.1 Å². The number of hydrogen-bond donors (Lipinski definition) is 2. The molecule has 0 saturated carbocycles. The smallest absolute Gasteiger partial charge is 0.272 e. The first kappa shape index (κ1) is 12.0. The second-order valence-corrected chi connectivity index (χ2v) is 5.33. The van der Waals surface area contributed by atoms with Gasteiger partial charge in [0.15, 0.2) is 0 Å².